The Balaban J connectivity index is 2.01. The van der Waals surface area contributed by atoms with E-state index in [1.807, 2.05) is 13.8 Å². The highest BCUT2D eigenvalue weighted by atomic mass is 35.5. The standard InChI is InChI=1S/C20H23ClN2O4/c1-4-23(5-2)19(24)13-27-18-10-9-15(12-17(18)21)22-20(25)14-7-6-8-16(11-14)26-3/h6-12H,4-5,13H2,1-3H3,(H,22,25). The zero-order valence-electron chi connectivity index (χ0n) is 15.6. The van der Waals surface area contributed by atoms with Crippen LogP contribution in [0.4, 0.5) is 5.69 Å². The van der Waals surface area contributed by atoms with Crippen LogP contribution in [0.2, 0.25) is 5.02 Å². The molecule has 0 aliphatic carbocycles. The highest BCUT2D eigenvalue weighted by Gasteiger charge is 2.13. The number of carbonyl (C=O) groups is 2. The molecule has 0 saturated carbocycles. The lowest BCUT2D eigenvalue weighted by Gasteiger charge is -2.19. The Labute approximate surface area is 164 Å². The molecule has 0 fully saturated rings. The minimum absolute atomic E-state index is 0.0864. The molecular weight excluding hydrogens is 368 g/mol. The molecule has 0 aromatic heterocycles. The molecule has 0 saturated heterocycles. The summed E-state index contributed by atoms with van der Waals surface area (Å²) in [6.45, 7) is 4.99. The van der Waals surface area contributed by atoms with Crippen molar-refractivity contribution in [3.05, 3.63) is 53.1 Å². The largest absolute Gasteiger partial charge is 0.497 e. The maximum atomic E-state index is 12.3. The second kappa shape index (κ2) is 9.83. The van der Waals surface area contributed by atoms with Crippen LogP contribution in [0.1, 0.15) is 24.2 Å². The second-order valence-corrected chi connectivity index (χ2v) is 6.09. The number of rotatable bonds is 8. The van der Waals surface area contributed by atoms with E-state index in [0.717, 1.165) is 0 Å². The molecule has 0 heterocycles. The molecular formula is C20H23ClN2O4. The van der Waals surface area contributed by atoms with Gasteiger partial charge in [0.2, 0.25) is 0 Å². The van der Waals surface area contributed by atoms with Crippen molar-refractivity contribution in [1.29, 1.82) is 0 Å². The van der Waals surface area contributed by atoms with Crippen molar-refractivity contribution in [1.82, 2.24) is 4.90 Å². The van der Waals surface area contributed by atoms with Gasteiger partial charge in [0.1, 0.15) is 11.5 Å². The Kier molecular flexibility index (Phi) is 7.49. The molecule has 0 atom stereocenters. The molecule has 144 valence electrons. The molecule has 0 aliphatic heterocycles. The SMILES string of the molecule is CCN(CC)C(=O)COc1ccc(NC(=O)c2cccc(OC)c2)cc1Cl. The zero-order chi connectivity index (χ0) is 19.8. The fourth-order valence-electron chi connectivity index (χ4n) is 2.47. The van der Waals surface area contributed by atoms with Crippen LogP contribution >= 0.6 is 11.6 Å². The average Bonchev–Trinajstić information content (AvgIpc) is 2.68. The van der Waals surface area contributed by atoms with Gasteiger partial charge in [-0.2, -0.15) is 0 Å². The summed E-state index contributed by atoms with van der Waals surface area (Å²) in [5.74, 6) is 0.598. The fraction of sp³-hybridized carbons (Fsp3) is 0.300. The van der Waals surface area contributed by atoms with E-state index in [4.69, 9.17) is 21.1 Å². The molecule has 0 bridgehead atoms. The molecule has 2 aromatic carbocycles. The van der Waals surface area contributed by atoms with Gasteiger partial charge in [-0.3, -0.25) is 9.59 Å². The van der Waals surface area contributed by atoms with Crippen LogP contribution in [0.3, 0.4) is 0 Å². The van der Waals surface area contributed by atoms with Crippen molar-refractivity contribution in [2.75, 3.05) is 32.1 Å². The van der Waals surface area contributed by atoms with Gasteiger partial charge in [-0.05, 0) is 50.2 Å². The van der Waals surface area contributed by atoms with E-state index < -0.39 is 0 Å². The first-order chi connectivity index (χ1) is 13.0. The van der Waals surface area contributed by atoms with Gasteiger partial charge in [0.05, 0.1) is 12.1 Å². The summed E-state index contributed by atoms with van der Waals surface area (Å²) in [5, 5.41) is 3.08. The van der Waals surface area contributed by atoms with E-state index in [9.17, 15) is 9.59 Å². The number of benzene rings is 2. The van der Waals surface area contributed by atoms with Crippen LogP contribution in [0.15, 0.2) is 42.5 Å². The van der Waals surface area contributed by atoms with Gasteiger partial charge in [-0.1, -0.05) is 17.7 Å². The number of hydrogen-bond donors (Lipinski definition) is 1. The third-order valence-electron chi connectivity index (χ3n) is 3.99. The minimum Gasteiger partial charge on any atom is -0.497 e. The molecule has 0 radical (unpaired) electrons. The van der Waals surface area contributed by atoms with Crippen molar-refractivity contribution in [3.63, 3.8) is 0 Å². The lowest BCUT2D eigenvalue weighted by atomic mass is 10.2. The predicted molar refractivity (Wildman–Crippen MR) is 106 cm³/mol. The number of nitrogens with one attached hydrogen (secondary N) is 1. The predicted octanol–water partition coefficient (Wildman–Crippen LogP) is 3.85. The van der Waals surface area contributed by atoms with Gasteiger partial charge < -0.3 is 19.7 Å². The zero-order valence-corrected chi connectivity index (χ0v) is 16.4. The number of ether oxygens (including phenoxy) is 2. The van der Waals surface area contributed by atoms with E-state index in [-0.39, 0.29) is 18.4 Å². The summed E-state index contributed by atoms with van der Waals surface area (Å²) in [6, 6.07) is 11.7. The number of nitrogens with zero attached hydrogens (tertiary/aromatic N) is 1. The molecule has 7 heteroatoms. The summed E-state index contributed by atoms with van der Waals surface area (Å²) in [5.41, 5.74) is 0.992. The van der Waals surface area contributed by atoms with E-state index >= 15 is 0 Å². The van der Waals surface area contributed by atoms with Crippen molar-refractivity contribution in [2.45, 2.75) is 13.8 Å². The summed E-state index contributed by atoms with van der Waals surface area (Å²) in [4.78, 5) is 26.0. The third kappa shape index (κ3) is 5.62. The third-order valence-corrected chi connectivity index (χ3v) is 4.28. The number of methoxy groups -OCH3 is 1. The Morgan fingerprint density at radius 2 is 1.85 bits per heavy atom. The summed E-state index contributed by atoms with van der Waals surface area (Å²) >= 11 is 6.22. The van der Waals surface area contributed by atoms with Gasteiger partial charge in [-0.25, -0.2) is 0 Å². The number of carbonyl (C=O) groups excluding carboxylic acids is 2. The van der Waals surface area contributed by atoms with Crippen LogP contribution in [0.5, 0.6) is 11.5 Å². The molecule has 1 N–H and O–H groups in total. The van der Waals surface area contributed by atoms with Crippen LogP contribution in [-0.4, -0.2) is 43.5 Å². The van der Waals surface area contributed by atoms with Crippen molar-refractivity contribution in [2.24, 2.45) is 0 Å². The molecule has 2 aromatic rings. The van der Waals surface area contributed by atoms with Crippen LogP contribution < -0.4 is 14.8 Å². The first kappa shape index (κ1) is 20.6. The van der Waals surface area contributed by atoms with E-state index in [1.54, 1.807) is 54.5 Å². The molecule has 6 nitrogen and oxygen atoms in total. The normalized spacial score (nSPS) is 10.2. The molecule has 2 amide bonds. The Hall–Kier alpha value is -2.73. The van der Waals surface area contributed by atoms with E-state index in [0.29, 0.717) is 40.9 Å². The quantitative estimate of drug-likeness (QED) is 0.743. The van der Waals surface area contributed by atoms with Crippen molar-refractivity contribution < 1.29 is 19.1 Å². The first-order valence-electron chi connectivity index (χ1n) is 8.64. The minimum atomic E-state index is -0.282. The number of likely N-dealkylation sites (N-methyl/N-ethyl adjacent to an activating group) is 1. The van der Waals surface area contributed by atoms with Crippen LogP contribution in [0.25, 0.3) is 0 Å². The Bertz CT molecular complexity index is 806. The van der Waals surface area contributed by atoms with Crippen molar-refractivity contribution >= 4 is 29.1 Å². The van der Waals surface area contributed by atoms with Gasteiger partial charge in [0.25, 0.3) is 11.8 Å². The molecule has 0 unspecified atom stereocenters. The molecule has 2 rings (SSSR count). The molecule has 27 heavy (non-hydrogen) atoms. The van der Waals surface area contributed by atoms with Crippen molar-refractivity contribution in [3.8, 4) is 11.5 Å². The van der Waals surface area contributed by atoms with E-state index in [2.05, 4.69) is 5.32 Å². The summed E-state index contributed by atoms with van der Waals surface area (Å²) < 4.78 is 10.6. The summed E-state index contributed by atoms with van der Waals surface area (Å²) in [6.07, 6.45) is 0. The number of anilines is 1. The maximum Gasteiger partial charge on any atom is 0.260 e. The van der Waals surface area contributed by atoms with Crippen LogP contribution in [0, 0.1) is 0 Å². The Morgan fingerprint density at radius 1 is 1.11 bits per heavy atom. The first-order valence-corrected chi connectivity index (χ1v) is 9.01. The average molecular weight is 391 g/mol. The van der Waals surface area contributed by atoms with Gasteiger partial charge in [0, 0.05) is 24.3 Å². The number of amides is 2. The van der Waals surface area contributed by atoms with Gasteiger partial charge >= 0.3 is 0 Å². The van der Waals surface area contributed by atoms with E-state index in [1.165, 1.54) is 0 Å². The highest BCUT2D eigenvalue weighted by molar-refractivity contribution is 6.32. The highest BCUT2D eigenvalue weighted by Crippen LogP contribution is 2.28. The maximum absolute atomic E-state index is 12.3. The lowest BCUT2D eigenvalue weighted by Crippen LogP contribution is -2.34. The summed E-state index contributed by atoms with van der Waals surface area (Å²) in [7, 11) is 1.54. The number of hydrogen-bond acceptors (Lipinski definition) is 4. The number of halogens is 1. The van der Waals surface area contributed by atoms with Gasteiger partial charge in [0.15, 0.2) is 6.61 Å². The topological polar surface area (TPSA) is 67.9 Å². The Morgan fingerprint density at radius 3 is 2.48 bits per heavy atom. The fourth-order valence-corrected chi connectivity index (χ4v) is 2.71. The van der Waals surface area contributed by atoms with Gasteiger partial charge in [-0.15, -0.1) is 0 Å². The molecule has 0 spiro atoms. The smallest absolute Gasteiger partial charge is 0.260 e. The molecule has 0 aliphatic rings. The van der Waals surface area contributed by atoms with Crippen LogP contribution in [-0.2, 0) is 4.79 Å². The lowest BCUT2D eigenvalue weighted by molar-refractivity contribution is -0.132. The second-order valence-electron chi connectivity index (χ2n) is 5.69. The monoisotopic (exact) mass is 390 g/mol.